The normalized spacial score (nSPS) is 8.40. The highest BCUT2D eigenvalue weighted by molar-refractivity contribution is 7.07. The quantitative estimate of drug-likeness (QED) is 0.618. The lowest BCUT2D eigenvalue weighted by Gasteiger charge is -1.76. The van der Waals surface area contributed by atoms with Gasteiger partial charge in [0.05, 0.1) is 5.51 Å². The molecule has 10 heavy (non-hydrogen) atoms. The smallest absolute Gasteiger partial charge is 0.211 e. The molecule has 0 radical (unpaired) electrons. The fraction of sp³-hybridized carbons (Fsp3) is 0. The third-order valence-corrected chi connectivity index (χ3v) is 1.41. The lowest BCUT2D eigenvalue weighted by Crippen LogP contribution is -1.59. The summed E-state index contributed by atoms with van der Waals surface area (Å²) < 4.78 is 0. The van der Waals surface area contributed by atoms with E-state index in [1.165, 1.54) is 17.4 Å². The topological polar surface area (TPSA) is 33.1 Å². The minimum Gasteiger partial charge on any atom is -0.493 e. The molecule has 0 saturated heterocycles. The molecule has 1 rings (SSSR count). The standard InChI is InChI=1S/C7H7NOS/c9-7-4-2-1-3-5-10-6-8-7/h1-6,9H. The van der Waals surface area contributed by atoms with Crippen molar-refractivity contribution in [1.29, 1.82) is 0 Å². The van der Waals surface area contributed by atoms with Crippen molar-refractivity contribution < 1.29 is 5.11 Å². The highest BCUT2D eigenvalue weighted by atomic mass is 32.1. The fourth-order valence-corrected chi connectivity index (χ4v) is 0.880. The average molecular weight is 153 g/mol. The van der Waals surface area contributed by atoms with E-state index in [2.05, 4.69) is 4.98 Å². The van der Waals surface area contributed by atoms with Crippen molar-refractivity contribution in [3.63, 3.8) is 0 Å². The van der Waals surface area contributed by atoms with Crippen molar-refractivity contribution in [2.45, 2.75) is 0 Å². The van der Waals surface area contributed by atoms with E-state index in [4.69, 9.17) is 5.11 Å². The Labute approximate surface area is 63.1 Å². The van der Waals surface area contributed by atoms with E-state index >= 15 is 0 Å². The van der Waals surface area contributed by atoms with E-state index in [0.29, 0.717) is 0 Å². The minimum absolute atomic E-state index is 0.0347. The zero-order valence-corrected chi connectivity index (χ0v) is 6.08. The zero-order valence-electron chi connectivity index (χ0n) is 5.27. The van der Waals surface area contributed by atoms with Crippen molar-refractivity contribution >= 4 is 11.3 Å². The van der Waals surface area contributed by atoms with Crippen LogP contribution in [0.15, 0.2) is 35.2 Å². The summed E-state index contributed by atoms with van der Waals surface area (Å²) in [6.45, 7) is 0. The van der Waals surface area contributed by atoms with Gasteiger partial charge in [-0.1, -0.05) is 18.2 Å². The molecule has 0 atom stereocenters. The van der Waals surface area contributed by atoms with E-state index in [1.807, 2.05) is 17.5 Å². The van der Waals surface area contributed by atoms with Crippen molar-refractivity contribution in [3.8, 4) is 5.88 Å². The summed E-state index contributed by atoms with van der Waals surface area (Å²) in [5.74, 6) is 0.0347. The molecule has 0 saturated carbocycles. The Morgan fingerprint density at radius 2 is 2.20 bits per heavy atom. The zero-order chi connectivity index (χ0) is 7.23. The number of nitrogens with zero attached hydrogens (tertiary/aromatic N) is 1. The summed E-state index contributed by atoms with van der Waals surface area (Å²) in [6, 6.07) is 6.98. The molecule has 0 aliphatic rings. The summed E-state index contributed by atoms with van der Waals surface area (Å²) in [5.41, 5.74) is 1.58. The Balaban J connectivity index is 3.13. The summed E-state index contributed by atoms with van der Waals surface area (Å²) in [6.07, 6.45) is 0. The maximum Gasteiger partial charge on any atom is 0.211 e. The second-order valence-electron chi connectivity index (χ2n) is 1.61. The average Bonchev–Trinajstić information content (AvgIpc) is 2.02. The maximum absolute atomic E-state index is 8.91. The van der Waals surface area contributed by atoms with Crippen LogP contribution in [-0.2, 0) is 0 Å². The molecule has 0 aliphatic heterocycles. The molecule has 0 spiro atoms. The first kappa shape index (κ1) is 7.02. The Morgan fingerprint density at radius 3 is 3.10 bits per heavy atom. The third kappa shape index (κ3) is 2.46. The van der Waals surface area contributed by atoms with Gasteiger partial charge in [-0.25, -0.2) is 4.98 Å². The summed E-state index contributed by atoms with van der Waals surface area (Å²) in [7, 11) is 0. The third-order valence-electron chi connectivity index (χ3n) is 0.870. The molecule has 2 nitrogen and oxygen atoms in total. The fourth-order valence-electron chi connectivity index (χ4n) is 0.459. The first-order valence-electron chi connectivity index (χ1n) is 2.80. The number of hydrogen-bond donors (Lipinski definition) is 1. The maximum atomic E-state index is 8.91. The van der Waals surface area contributed by atoms with Crippen molar-refractivity contribution in [1.82, 2.24) is 4.98 Å². The van der Waals surface area contributed by atoms with Gasteiger partial charge < -0.3 is 5.11 Å². The van der Waals surface area contributed by atoms with Gasteiger partial charge in [0.1, 0.15) is 0 Å². The van der Waals surface area contributed by atoms with Crippen LogP contribution in [0.3, 0.4) is 0 Å². The molecule has 1 aromatic rings. The lowest BCUT2D eigenvalue weighted by molar-refractivity contribution is 0.455. The van der Waals surface area contributed by atoms with Gasteiger partial charge in [-0.3, -0.25) is 0 Å². The lowest BCUT2D eigenvalue weighted by atomic mass is 10.5. The van der Waals surface area contributed by atoms with Crippen LogP contribution in [0.25, 0.3) is 0 Å². The van der Waals surface area contributed by atoms with Crippen LogP contribution in [0.4, 0.5) is 0 Å². The van der Waals surface area contributed by atoms with Crippen LogP contribution >= 0.6 is 11.3 Å². The van der Waals surface area contributed by atoms with Crippen molar-refractivity contribution in [3.05, 3.63) is 35.2 Å². The van der Waals surface area contributed by atoms with Crippen molar-refractivity contribution in [2.24, 2.45) is 0 Å². The molecule has 0 aromatic carbocycles. The van der Waals surface area contributed by atoms with Crippen LogP contribution in [-0.4, -0.2) is 10.1 Å². The molecule has 0 amide bonds. The molecule has 1 heterocycles. The number of aromatic hydroxyl groups is 1. The Kier molecular flexibility index (Phi) is 2.70. The second kappa shape index (κ2) is 3.85. The van der Waals surface area contributed by atoms with Gasteiger partial charge in [0.15, 0.2) is 0 Å². The van der Waals surface area contributed by atoms with Gasteiger partial charge in [-0.2, -0.15) is 0 Å². The summed E-state index contributed by atoms with van der Waals surface area (Å²) in [4.78, 5) is 3.70. The van der Waals surface area contributed by atoms with E-state index in [9.17, 15) is 0 Å². The van der Waals surface area contributed by atoms with Gasteiger partial charge >= 0.3 is 0 Å². The molecular weight excluding hydrogens is 146 g/mol. The first-order valence-corrected chi connectivity index (χ1v) is 3.74. The molecule has 0 bridgehead atoms. The van der Waals surface area contributed by atoms with Gasteiger partial charge in [-0.15, -0.1) is 11.3 Å². The Hall–Kier alpha value is -1.09. The van der Waals surface area contributed by atoms with E-state index in [1.54, 1.807) is 11.6 Å². The van der Waals surface area contributed by atoms with Gasteiger partial charge in [0, 0.05) is 6.07 Å². The largest absolute Gasteiger partial charge is 0.493 e. The number of rotatable bonds is 0. The molecule has 0 fully saturated rings. The predicted molar refractivity (Wildman–Crippen MR) is 41.4 cm³/mol. The molecule has 0 unspecified atom stereocenters. The highest BCUT2D eigenvalue weighted by Gasteiger charge is 1.74. The molecule has 1 aromatic heterocycles. The summed E-state index contributed by atoms with van der Waals surface area (Å²) >= 11 is 1.42. The molecule has 52 valence electrons. The van der Waals surface area contributed by atoms with Gasteiger partial charge in [0.2, 0.25) is 5.88 Å². The van der Waals surface area contributed by atoms with E-state index in [0.717, 1.165) is 0 Å². The molecule has 3 heteroatoms. The van der Waals surface area contributed by atoms with Crippen molar-refractivity contribution in [2.75, 3.05) is 0 Å². The van der Waals surface area contributed by atoms with Crippen LogP contribution < -0.4 is 0 Å². The van der Waals surface area contributed by atoms with Gasteiger partial charge in [0.25, 0.3) is 0 Å². The van der Waals surface area contributed by atoms with Crippen LogP contribution in [0.5, 0.6) is 5.88 Å². The second-order valence-corrected chi connectivity index (χ2v) is 2.36. The minimum atomic E-state index is 0.0347. The van der Waals surface area contributed by atoms with E-state index in [-0.39, 0.29) is 5.88 Å². The predicted octanol–water partition coefficient (Wildman–Crippen LogP) is 1.97. The number of hydrogen-bond acceptors (Lipinski definition) is 3. The van der Waals surface area contributed by atoms with Crippen LogP contribution in [0.2, 0.25) is 0 Å². The Bertz CT molecular complexity index is 221. The molecule has 0 aliphatic carbocycles. The first-order chi connectivity index (χ1) is 4.89. The van der Waals surface area contributed by atoms with Crippen LogP contribution in [0.1, 0.15) is 0 Å². The number of aromatic nitrogens is 1. The van der Waals surface area contributed by atoms with Crippen LogP contribution in [0, 0.1) is 0 Å². The summed E-state index contributed by atoms with van der Waals surface area (Å²) in [5, 5.41) is 10.8. The molecule has 1 N–H and O–H groups in total. The monoisotopic (exact) mass is 153 g/mol. The Morgan fingerprint density at radius 1 is 1.30 bits per heavy atom. The van der Waals surface area contributed by atoms with E-state index < -0.39 is 0 Å². The highest BCUT2D eigenvalue weighted by Crippen LogP contribution is 1.97. The molecular formula is C7H7NOS. The SMILES string of the molecule is Oc1cccccscn1. The van der Waals surface area contributed by atoms with Gasteiger partial charge in [-0.05, 0) is 5.38 Å².